The van der Waals surface area contributed by atoms with Gasteiger partial charge in [-0.05, 0) is 69.3 Å². The summed E-state index contributed by atoms with van der Waals surface area (Å²) in [7, 11) is -0.475. The van der Waals surface area contributed by atoms with E-state index in [1.165, 1.54) is 6.20 Å². The molecule has 0 aliphatic heterocycles. The maximum atomic E-state index is 12.7. The van der Waals surface area contributed by atoms with Crippen molar-refractivity contribution in [2.75, 3.05) is 44.2 Å². The average molecular weight is 500 g/mol. The van der Waals surface area contributed by atoms with E-state index >= 15 is 0 Å². The van der Waals surface area contributed by atoms with Crippen LogP contribution in [0.5, 0.6) is 5.75 Å². The molecule has 0 fully saturated rings. The second-order valence-electron chi connectivity index (χ2n) is 8.31. The first-order valence-corrected chi connectivity index (χ1v) is 14.0. The van der Waals surface area contributed by atoms with Crippen molar-refractivity contribution in [1.29, 1.82) is 0 Å². The molecule has 0 saturated heterocycles. The molecule has 9 heteroatoms. The summed E-state index contributed by atoms with van der Waals surface area (Å²) < 4.78 is 18.6. The SMILES string of the molecule is CCN(C)C=CCOc1cc(C)cc(Nc2ncc(Cl)c(Nc3ccccc3P(C)(C)=O)n2)c1. The number of benzene rings is 2. The Morgan fingerprint density at radius 3 is 2.68 bits per heavy atom. The van der Waals surface area contributed by atoms with E-state index in [2.05, 4.69) is 32.4 Å². The van der Waals surface area contributed by atoms with Crippen molar-refractivity contribution in [3.8, 4) is 5.75 Å². The van der Waals surface area contributed by atoms with Gasteiger partial charge in [-0.2, -0.15) is 4.98 Å². The lowest BCUT2D eigenvalue weighted by Crippen LogP contribution is -2.11. The van der Waals surface area contributed by atoms with Crippen LogP contribution in [0.25, 0.3) is 0 Å². The molecule has 0 radical (unpaired) electrons. The molecule has 0 saturated carbocycles. The second-order valence-corrected chi connectivity index (χ2v) is 11.9. The Kier molecular flexibility index (Phi) is 8.59. The molecule has 0 aliphatic carbocycles. The third-order valence-electron chi connectivity index (χ3n) is 4.99. The van der Waals surface area contributed by atoms with E-state index in [0.717, 1.165) is 28.8 Å². The minimum absolute atomic E-state index is 0.361. The van der Waals surface area contributed by atoms with Crippen molar-refractivity contribution in [2.45, 2.75) is 13.8 Å². The highest BCUT2D eigenvalue weighted by Gasteiger charge is 2.17. The lowest BCUT2D eigenvalue weighted by atomic mass is 10.2. The van der Waals surface area contributed by atoms with Crippen molar-refractivity contribution in [3.05, 3.63) is 71.5 Å². The molecule has 1 aromatic heterocycles. The molecule has 2 N–H and O–H groups in total. The molecule has 3 rings (SSSR count). The number of halogens is 1. The summed E-state index contributed by atoms with van der Waals surface area (Å²) in [5.74, 6) is 1.55. The van der Waals surface area contributed by atoms with Crippen molar-refractivity contribution < 1.29 is 9.30 Å². The van der Waals surface area contributed by atoms with Crippen LogP contribution in [0.1, 0.15) is 12.5 Å². The summed E-state index contributed by atoms with van der Waals surface area (Å²) >= 11 is 6.36. The molecule has 0 spiro atoms. The summed E-state index contributed by atoms with van der Waals surface area (Å²) in [4.78, 5) is 10.9. The van der Waals surface area contributed by atoms with Crippen molar-refractivity contribution in [1.82, 2.24) is 14.9 Å². The minimum atomic E-state index is -2.49. The molecule has 7 nitrogen and oxygen atoms in total. The number of hydrogen-bond donors (Lipinski definition) is 2. The highest BCUT2D eigenvalue weighted by atomic mass is 35.5. The van der Waals surface area contributed by atoms with E-state index in [9.17, 15) is 4.57 Å². The number of para-hydroxylation sites is 1. The fourth-order valence-electron chi connectivity index (χ4n) is 3.20. The van der Waals surface area contributed by atoms with Crippen LogP contribution in [0.15, 0.2) is 60.9 Å². The molecular formula is C25H31ClN5O2P. The van der Waals surface area contributed by atoms with E-state index in [1.807, 2.05) is 68.7 Å². The summed E-state index contributed by atoms with van der Waals surface area (Å²) in [6, 6.07) is 13.3. The summed E-state index contributed by atoms with van der Waals surface area (Å²) in [5.41, 5.74) is 2.54. The number of rotatable bonds is 10. The molecule has 0 atom stereocenters. The topological polar surface area (TPSA) is 79.4 Å². The molecule has 0 unspecified atom stereocenters. The smallest absolute Gasteiger partial charge is 0.229 e. The van der Waals surface area contributed by atoms with Gasteiger partial charge in [0.25, 0.3) is 0 Å². The fraction of sp³-hybridized carbons (Fsp3) is 0.280. The van der Waals surface area contributed by atoms with Crippen molar-refractivity contribution in [3.63, 3.8) is 0 Å². The van der Waals surface area contributed by atoms with Gasteiger partial charge in [0.2, 0.25) is 5.95 Å². The average Bonchev–Trinajstić information content (AvgIpc) is 2.78. The number of hydrogen-bond acceptors (Lipinski definition) is 7. The number of aryl methyl sites for hydroxylation is 1. The molecule has 1 heterocycles. The van der Waals surface area contributed by atoms with Gasteiger partial charge in [0.05, 0.1) is 11.9 Å². The second kappa shape index (κ2) is 11.4. The van der Waals surface area contributed by atoms with Gasteiger partial charge in [-0.15, -0.1) is 0 Å². The summed E-state index contributed by atoms with van der Waals surface area (Å²) in [6.07, 6.45) is 5.50. The molecule has 3 aromatic rings. The monoisotopic (exact) mass is 499 g/mol. The number of ether oxygens (including phenoxy) is 1. The van der Waals surface area contributed by atoms with Gasteiger partial charge in [0.15, 0.2) is 5.82 Å². The van der Waals surface area contributed by atoms with Crippen LogP contribution in [0.3, 0.4) is 0 Å². The van der Waals surface area contributed by atoms with Crippen molar-refractivity contribution >= 4 is 47.2 Å². The van der Waals surface area contributed by atoms with Gasteiger partial charge >= 0.3 is 0 Å². The zero-order valence-corrected chi connectivity index (χ0v) is 21.8. The van der Waals surface area contributed by atoms with E-state index in [4.69, 9.17) is 16.3 Å². The van der Waals surface area contributed by atoms with Gasteiger partial charge in [-0.3, -0.25) is 0 Å². The molecule has 2 aromatic carbocycles. The van der Waals surface area contributed by atoms with Crippen LogP contribution in [-0.4, -0.2) is 48.4 Å². The maximum absolute atomic E-state index is 12.7. The molecule has 0 aliphatic rings. The first-order valence-electron chi connectivity index (χ1n) is 11.0. The molecule has 0 bridgehead atoms. The Balaban J connectivity index is 1.78. The number of nitrogens with one attached hydrogen (secondary N) is 2. The summed E-state index contributed by atoms with van der Waals surface area (Å²) in [5, 5.41) is 7.53. The van der Waals surface area contributed by atoms with Gasteiger partial charge in [-0.1, -0.05) is 23.7 Å². The highest BCUT2D eigenvalue weighted by molar-refractivity contribution is 7.70. The Bertz CT molecular complexity index is 1210. The van der Waals surface area contributed by atoms with Crippen molar-refractivity contribution in [2.24, 2.45) is 0 Å². The Hall–Kier alpha value is -3.02. The van der Waals surface area contributed by atoms with Crippen LogP contribution in [0, 0.1) is 6.92 Å². The van der Waals surface area contributed by atoms with E-state index in [0.29, 0.717) is 29.1 Å². The van der Waals surface area contributed by atoms with Crippen LogP contribution in [-0.2, 0) is 4.57 Å². The lowest BCUT2D eigenvalue weighted by Gasteiger charge is -2.16. The van der Waals surface area contributed by atoms with Crippen LogP contribution < -0.4 is 20.7 Å². The molecule has 0 amide bonds. The van der Waals surface area contributed by atoms with E-state index in [-0.39, 0.29) is 0 Å². The van der Waals surface area contributed by atoms with Crippen LogP contribution in [0.2, 0.25) is 5.02 Å². The molecule has 34 heavy (non-hydrogen) atoms. The third-order valence-corrected chi connectivity index (χ3v) is 6.82. The Labute approximate surface area is 206 Å². The lowest BCUT2D eigenvalue weighted by molar-refractivity contribution is 0.359. The van der Waals surface area contributed by atoms with E-state index in [1.54, 1.807) is 13.3 Å². The number of aromatic nitrogens is 2. The van der Waals surface area contributed by atoms with Gasteiger partial charge < -0.3 is 24.8 Å². The summed E-state index contributed by atoms with van der Waals surface area (Å²) in [6.45, 7) is 8.97. The largest absolute Gasteiger partial charge is 0.489 e. The maximum Gasteiger partial charge on any atom is 0.229 e. The van der Waals surface area contributed by atoms with E-state index < -0.39 is 7.14 Å². The number of anilines is 4. The Morgan fingerprint density at radius 1 is 1.18 bits per heavy atom. The molecule has 180 valence electrons. The first kappa shape index (κ1) is 25.6. The predicted octanol–water partition coefficient (Wildman–Crippen LogP) is 6.02. The van der Waals surface area contributed by atoms with Gasteiger partial charge in [0.1, 0.15) is 24.5 Å². The zero-order chi connectivity index (χ0) is 24.7. The normalized spacial score (nSPS) is 11.5. The standard InChI is InChI=1S/C25H31ClN5O2P/c1-6-31(3)12-9-13-33-20-15-18(2)14-19(16-20)28-25-27-17-21(26)24(30-25)29-22-10-7-8-11-23(22)34(4,5)32/h7-12,14-17H,6,13H2,1-5H3,(H2,27,28,29,30). The first-order chi connectivity index (χ1) is 16.2. The number of nitrogens with zero attached hydrogens (tertiary/aromatic N) is 3. The minimum Gasteiger partial charge on any atom is -0.489 e. The quantitative estimate of drug-likeness (QED) is 0.330. The predicted molar refractivity (Wildman–Crippen MR) is 143 cm³/mol. The van der Waals surface area contributed by atoms with Crippen LogP contribution >= 0.6 is 18.7 Å². The van der Waals surface area contributed by atoms with Gasteiger partial charge in [-0.25, -0.2) is 4.98 Å². The van der Waals surface area contributed by atoms with Gasteiger partial charge in [0, 0.05) is 30.7 Å². The fourth-order valence-corrected chi connectivity index (χ4v) is 4.49. The van der Waals surface area contributed by atoms with Crippen LogP contribution in [0.4, 0.5) is 23.1 Å². The zero-order valence-electron chi connectivity index (χ0n) is 20.2. The highest BCUT2D eigenvalue weighted by Crippen LogP contribution is 2.38. The molecular weight excluding hydrogens is 469 g/mol. The third kappa shape index (κ3) is 7.24. The Morgan fingerprint density at radius 2 is 1.94 bits per heavy atom.